The molecule has 1 fully saturated rings. The molecule has 1 heterocycles. The molecule has 1 aromatic carbocycles. The molecule has 1 N–H and O–H groups in total. The molecule has 3 rings (SSSR count). The topological polar surface area (TPSA) is 58.1 Å². The number of nitrogens with one attached hydrogen (secondary N) is 1. The van der Waals surface area contributed by atoms with Gasteiger partial charge in [0.05, 0.1) is 29.5 Å². The third-order valence-electron chi connectivity index (χ3n) is 5.02. The number of para-hydroxylation sites is 2. The van der Waals surface area contributed by atoms with Gasteiger partial charge in [-0.25, -0.2) is 9.78 Å². The quantitative estimate of drug-likeness (QED) is 0.921. The van der Waals surface area contributed by atoms with Crippen LogP contribution in [-0.4, -0.2) is 34.5 Å². The van der Waals surface area contributed by atoms with E-state index in [0.29, 0.717) is 12.0 Å². The summed E-state index contributed by atoms with van der Waals surface area (Å²) in [6.07, 6.45) is 6.61. The highest BCUT2D eigenvalue weighted by Gasteiger charge is 2.35. The molecule has 1 saturated carbocycles. The van der Waals surface area contributed by atoms with Crippen molar-refractivity contribution in [2.45, 2.75) is 39.2 Å². The second kappa shape index (κ2) is 6.52. The van der Waals surface area contributed by atoms with Gasteiger partial charge in [-0.05, 0) is 36.8 Å². The number of fused-ring (bicyclic) bond motifs is 1. The van der Waals surface area contributed by atoms with E-state index in [1.807, 2.05) is 24.3 Å². The smallest absolute Gasteiger partial charge is 0.317 e. The number of urea groups is 1. The molecule has 1 aliphatic rings. The van der Waals surface area contributed by atoms with Crippen molar-refractivity contribution >= 4 is 17.1 Å². The molecule has 0 aliphatic heterocycles. The van der Waals surface area contributed by atoms with Crippen molar-refractivity contribution in [3.05, 3.63) is 36.2 Å². The highest BCUT2D eigenvalue weighted by Crippen LogP contribution is 2.43. The van der Waals surface area contributed by atoms with Crippen LogP contribution in [0.25, 0.3) is 11.0 Å². The number of nitrogens with zero attached hydrogens (tertiary/aromatic N) is 3. The molecular weight excluding hydrogens is 288 g/mol. The van der Waals surface area contributed by atoms with Crippen molar-refractivity contribution in [1.29, 1.82) is 0 Å². The number of carbonyl (C=O) groups excluding carboxylic acids is 1. The van der Waals surface area contributed by atoms with Gasteiger partial charge in [-0.2, -0.15) is 0 Å². The molecule has 1 aromatic heterocycles. The summed E-state index contributed by atoms with van der Waals surface area (Å²) in [5, 5.41) is 3.07. The zero-order chi connectivity index (χ0) is 16.3. The Balaban J connectivity index is 1.58. The van der Waals surface area contributed by atoms with E-state index in [-0.39, 0.29) is 6.03 Å². The fourth-order valence-electron chi connectivity index (χ4n) is 3.12. The maximum atomic E-state index is 12.3. The second-order valence-corrected chi connectivity index (χ2v) is 6.57. The van der Waals surface area contributed by atoms with Crippen LogP contribution in [0.5, 0.6) is 0 Å². The Hall–Kier alpha value is -2.17. The second-order valence-electron chi connectivity index (χ2n) is 6.57. The summed E-state index contributed by atoms with van der Waals surface area (Å²) in [6.45, 7) is 3.44. The Morgan fingerprint density at radius 1 is 1.30 bits per heavy atom. The number of hydrogen-bond donors (Lipinski definition) is 1. The lowest BCUT2D eigenvalue weighted by Crippen LogP contribution is -2.45. The lowest BCUT2D eigenvalue weighted by Gasteiger charge is -2.41. The third kappa shape index (κ3) is 3.44. The molecule has 2 aromatic rings. The Bertz CT molecular complexity index is 691. The molecule has 2 amide bonds. The van der Waals surface area contributed by atoms with Crippen LogP contribution in [0, 0.1) is 5.41 Å². The van der Waals surface area contributed by atoms with Crippen LogP contribution >= 0.6 is 0 Å². The van der Waals surface area contributed by atoms with Gasteiger partial charge in [-0.3, -0.25) is 4.98 Å². The highest BCUT2D eigenvalue weighted by molar-refractivity contribution is 5.75. The fraction of sp³-hybridized carbons (Fsp3) is 0.500. The lowest BCUT2D eigenvalue weighted by molar-refractivity contribution is 0.121. The lowest BCUT2D eigenvalue weighted by atomic mass is 9.67. The number of amides is 2. The van der Waals surface area contributed by atoms with Gasteiger partial charge in [0.1, 0.15) is 0 Å². The van der Waals surface area contributed by atoms with Crippen molar-refractivity contribution < 1.29 is 4.79 Å². The molecule has 0 spiro atoms. The average Bonchev–Trinajstić information content (AvgIpc) is 2.54. The Morgan fingerprint density at radius 3 is 2.70 bits per heavy atom. The minimum absolute atomic E-state index is 0.0420. The average molecular weight is 312 g/mol. The molecule has 0 radical (unpaired) electrons. The van der Waals surface area contributed by atoms with Crippen LogP contribution in [-0.2, 0) is 6.54 Å². The minimum atomic E-state index is -0.0420. The largest absolute Gasteiger partial charge is 0.337 e. The molecule has 1 aliphatic carbocycles. The zero-order valence-corrected chi connectivity index (χ0v) is 13.9. The van der Waals surface area contributed by atoms with Gasteiger partial charge in [-0.1, -0.05) is 25.5 Å². The van der Waals surface area contributed by atoms with Gasteiger partial charge >= 0.3 is 6.03 Å². The van der Waals surface area contributed by atoms with Gasteiger partial charge in [-0.15, -0.1) is 0 Å². The molecule has 0 atom stereocenters. The van der Waals surface area contributed by atoms with E-state index in [9.17, 15) is 4.79 Å². The normalized spacial score (nSPS) is 15.9. The monoisotopic (exact) mass is 312 g/mol. The first-order chi connectivity index (χ1) is 11.1. The summed E-state index contributed by atoms with van der Waals surface area (Å²) in [7, 11) is 1.80. The van der Waals surface area contributed by atoms with Crippen molar-refractivity contribution in [3.8, 4) is 0 Å². The van der Waals surface area contributed by atoms with Gasteiger partial charge in [0, 0.05) is 13.6 Å². The molecule has 122 valence electrons. The number of rotatable bonds is 5. The summed E-state index contributed by atoms with van der Waals surface area (Å²) in [5.74, 6) is 0. The van der Waals surface area contributed by atoms with Crippen LogP contribution in [0.15, 0.2) is 30.5 Å². The van der Waals surface area contributed by atoms with Crippen molar-refractivity contribution in [3.63, 3.8) is 0 Å². The predicted octanol–water partition coefficient (Wildman–Crippen LogP) is 3.35. The van der Waals surface area contributed by atoms with Gasteiger partial charge in [0.15, 0.2) is 0 Å². The summed E-state index contributed by atoms with van der Waals surface area (Å²) in [5.41, 5.74) is 2.87. The van der Waals surface area contributed by atoms with E-state index in [2.05, 4.69) is 22.2 Å². The molecule has 5 heteroatoms. The number of benzene rings is 1. The van der Waals surface area contributed by atoms with E-state index in [0.717, 1.165) is 29.7 Å². The van der Waals surface area contributed by atoms with E-state index >= 15 is 0 Å². The first-order valence-electron chi connectivity index (χ1n) is 8.31. The Morgan fingerprint density at radius 2 is 2.04 bits per heavy atom. The van der Waals surface area contributed by atoms with Crippen LogP contribution in [0.1, 0.15) is 38.3 Å². The third-order valence-corrected chi connectivity index (χ3v) is 5.02. The first kappa shape index (κ1) is 15.7. The van der Waals surface area contributed by atoms with Gasteiger partial charge in [0.25, 0.3) is 0 Å². The van der Waals surface area contributed by atoms with Crippen LogP contribution in [0.4, 0.5) is 4.79 Å². The Kier molecular flexibility index (Phi) is 4.46. The molecule has 5 nitrogen and oxygen atoms in total. The van der Waals surface area contributed by atoms with Gasteiger partial charge in [0.2, 0.25) is 0 Å². The van der Waals surface area contributed by atoms with E-state index in [4.69, 9.17) is 0 Å². The van der Waals surface area contributed by atoms with Crippen LogP contribution in [0.3, 0.4) is 0 Å². The summed E-state index contributed by atoms with van der Waals surface area (Å²) < 4.78 is 0. The maximum absolute atomic E-state index is 12.3. The summed E-state index contributed by atoms with van der Waals surface area (Å²) >= 11 is 0. The zero-order valence-electron chi connectivity index (χ0n) is 13.9. The first-order valence-corrected chi connectivity index (χ1v) is 8.31. The highest BCUT2D eigenvalue weighted by atomic mass is 16.2. The van der Waals surface area contributed by atoms with Gasteiger partial charge < -0.3 is 10.2 Å². The van der Waals surface area contributed by atoms with Crippen molar-refractivity contribution in [2.75, 3.05) is 13.6 Å². The number of carbonyl (C=O) groups is 1. The minimum Gasteiger partial charge on any atom is -0.337 e. The van der Waals surface area contributed by atoms with E-state index in [1.165, 1.54) is 19.3 Å². The van der Waals surface area contributed by atoms with Crippen molar-refractivity contribution in [1.82, 2.24) is 20.2 Å². The fourth-order valence-corrected chi connectivity index (χ4v) is 3.12. The van der Waals surface area contributed by atoms with E-state index in [1.54, 1.807) is 18.1 Å². The predicted molar refractivity (Wildman–Crippen MR) is 91.0 cm³/mol. The Labute approximate surface area is 137 Å². The molecular formula is C18H24N4O. The standard InChI is InChI=1S/C18H24N4O/c1-3-18(9-6-10-18)13-20-17(23)22(2)12-14-11-19-15-7-4-5-8-16(15)21-14/h4-5,7-8,11H,3,6,9-10,12-13H2,1-2H3,(H,20,23). The summed E-state index contributed by atoms with van der Waals surface area (Å²) in [6, 6.07) is 7.72. The molecule has 23 heavy (non-hydrogen) atoms. The van der Waals surface area contributed by atoms with Crippen LogP contribution < -0.4 is 5.32 Å². The van der Waals surface area contributed by atoms with Crippen molar-refractivity contribution in [2.24, 2.45) is 5.41 Å². The molecule has 0 unspecified atom stereocenters. The maximum Gasteiger partial charge on any atom is 0.317 e. The SMILES string of the molecule is CCC1(CNC(=O)N(C)Cc2cnc3ccccc3n2)CCC1. The number of hydrogen-bond acceptors (Lipinski definition) is 3. The number of aromatic nitrogens is 2. The summed E-state index contributed by atoms with van der Waals surface area (Å²) in [4.78, 5) is 22.9. The molecule has 0 saturated heterocycles. The van der Waals surface area contributed by atoms with E-state index < -0.39 is 0 Å². The van der Waals surface area contributed by atoms with Crippen LogP contribution in [0.2, 0.25) is 0 Å². The molecule has 0 bridgehead atoms.